The standard InChI is InChI=1S/C12H15NOS/c1-4-12(2,3)9-5-6-10(14)11(7-9)15-8-13/h5-7,14H,4H2,1-3H3. The minimum atomic E-state index is 0.0818. The number of hydrogen-bond donors (Lipinski definition) is 1. The molecule has 0 aliphatic carbocycles. The summed E-state index contributed by atoms with van der Waals surface area (Å²) in [4.78, 5) is 0.636. The van der Waals surface area contributed by atoms with Gasteiger partial charge in [-0.15, -0.1) is 0 Å². The van der Waals surface area contributed by atoms with Crippen molar-refractivity contribution >= 4 is 11.8 Å². The molecule has 0 fully saturated rings. The first kappa shape index (κ1) is 11.9. The molecular weight excluding hydrogens is 206 g/mol. The van der Waals surface area contributed by atoms with Crippen LogP contribution in [0.5, 0.6) is 5.75 Å². The lowest BCUT2D eigenvalue weighted by Crippen LogP contribution is -2.15. The molecule has 0 aromatic heterocycles. The van der Waals surface area contributed by atoms with Crippen LogP contribution in [0.1, 0.15) is 32.8 Å². The number of thiocyanates is 1. The summed E-state index contributed by atoms with van der Waals surface area (Å²) in [6.07, 6.45) is 1.02. The number of aromatic hydroxyl groups is 1. The van der Waals surface area contributed by atoms with Crippen molar-refractivity contribution in [3.63, 3.8) is 0 Å². The van der Waals surface area contributed by atoms with E-state index in [0.29, 0.717) is 4.90 Å². The van der Waals surface area contributed by atoms with Gasteiger partial charge in [0.15, 0.2) is 0 Å². The zero-order chi connectivity index (χ0) is 11.5. The second kappa shape index (κ2) is 4.59. The average Bonchev–Trinajstić information content (AvgIpc) is 2.21. The van der Waals surface area contributed by atoms with Gasteiger partial charge in [-0.25, -0.2) is 0 Å². The summed E-state index contributed by atoms with van der Waals surface area (Å²) in [7, 11) is 0. The van der Waals surface area contributed by atoms with Crippen LogP contribution in [-0.2, 0) is 5.41 Å². The topological polar surface area (TPSA) is 44.0 Å². The van der Waals surface area contributed by atoms with Gasteiger partial charge in [0.1, 0.15) is 11.2 Å². The molecule has 0 bridgehead atoms. The second-order valence-corrected chi connectivity index (χ2v) is 4.94. The maximum absolute atomic E-state index is 9.53. The molecule has 0 aliphatic heterocycles. The fourth-order valence-corrected chi connectivity index (χ4v) is 1.73. The SMILES string of the molecule is CCC(C)(C)c1ccc(O)c(SC#N)c1. The summed E-state index contributed by atoms with van der Waals surface area (Å²) < 4.78 is 0. The van der Waals surface area contributed by atoms with Crippen LogP contribution in [0.4, 0.5) is 0 Å². The van der Waals surface area contributed by atoms with Gasteiger partial charge in [-0.05, 0) is 41.3 Å². The molecule has 1 rings (SSSR count). The largest absolute Gasteiger partial charge is 0.507 e. The van der Waals surface area contributed by atoms with E-state index in [1.807, 2.05) is 17.5 Å². The smallest absolute Gasteiger partial charge is 0.138 e. The minimum absolute atomic E-state index is 0.0818. The average molecular weight is 221 g/mol. The van der Waals surface area contributed by atoms with Gasteiger partial charge in [0.05, 0.1) is 4.90 Å². The van der Waals surface area contributed by atoms with Gasteiger partial charge in [-0.1, -0.05) is 26.8 Å². The van der Waals surface area contributed by atoms with Crippen LogP contribution in [-0.4, -0.2) is 5.11 Å². The summed E-state index contributed by atoms with van der Waals surface area (Å²) in [5.41, 5.74) is 1.24. The Balaban J connectivity index is 3.14. The fourth-order valence-electron chi connectivity index (χ4n) is 1.27. The van der Waals surface area contributed by atoms with Crippen molar-refractivity contribution in [2.45, 2.75) is 37.5 Å². The molecule has 0 saturated carbocycles. The van der Waals surface area contributed by atoms with Gasteiger partial charge in [-0.3, -0.25) is 0 Å². The van der Waals surface area contributed by atoms with Crippen LogP contribution in [0.25, 0.3) is 0 Å². The highest BCUT2D eigenvalue weighted by Gasteiger charge is 2.19. The monoisotopic (exact) mass is 221 g/mol. The van der Waals surface area contributed by atoms with Gasteiger partial charge < -0.3 is 5.11 Å². The Morgan fingerprint density at radius 3 is 2.67 bits per heavy atom. The van der Waals surface area contributed by atoms with E-state index >= 15 is 0 Å². The minimum Gasteiger partial charge on any atom is -0.507 e. The summed E-state index contributed by atoms with van der Waals surface area (Å²) in [5.74, 6) is 0.178. The molecule has 0 unspecified atom stereocenters. The predicted molar refractivity (Wildman–Crippen MR) is 62.9 cm³/mol. The molecular formula is C12H15NOS. The summed E-state index contributed by atoms with van der Waals surface area (Å²) in [6.45, 7) is 6.43. The molecule has 2 nitrogen and oxygen atoms in total. The lowest BCUT2D eigenvalue weighted by molar-refractivity contribution is 0.458. The summed E-state index contributed by atoms with van der Waals surface area (Å²) >= 11 is 0.998. The van der Waals surface area contributed by atoms with Crippen LogP contribution in [0.3, 0.4) is 0 Å². The Kier molecular flexibility index (Phi) is 3.65. The molecule has 1 aromatic rings. The molecule has 0 aliphatic rings. The van der Waals surface area contributed by atoms with Crippen molar-refractivity contribution in [2.24, 2.45) is 0 Å². The van der Waals surface area contributed by atoms with Crippen molar-refractivity contribution in [3.8, 4) is 11.2 Å². The Hall–Kier alpha value is -1.14. The highest BCUT2D eigenvalue weighted by molar-refractivity contribution is 8.03. The number of nitriles is 1. The van der Waals surface area contributed by atoms with Crippen LogP contribution in [0.2, 0.25) is 0 Å². The van der Waals surface area contributed by atoms with Crippen molar-refractivity contribution in [2.75, 3.05) is 0 Å². The number of phenols is 1. The zero-order valence-corrected chi connectivity index (χ0v) is 10.1. The zero-order valence-electron chi connectivity index (χ0n) is 9.24. The molecule has 1 N–H and O–H groups in total. The van der Waals surface area contributed by atoms with Crippen molar-refractivity contribution in [1.82, 2.24) is 0 Å². The third-order valence-electron chi connectivity index (χ3n) is 2.78. The summed E-state index contributed by atoms with van der Waals surface area (Å²) in [5, 5.41) is 20.1. The third-order valence-corrected chi connectivity index (χ3v) is 3.42. The molecule has 0 atom stereocenters. The Morgan fingerprint density at radius 1 is 1.47 bits per heavy atom. The van der Waals surface area contributed by atoms with E-state index in [1.165, 1.54) is 0 Å². The van der Waals surface area contributed by atoms with Crippen LogP contribution in [0, 0.1) is 10.7 Å². The normalized spacial score (nSPS) is 11.1. The van der Waals surface area contributed by atoms with Gasteiger partial charge in [0, 0.05) is 0 Å². The Bertz CT molecular complexity index is 393. The molecule has 0 radical (unpaired) electrons. The van der Waals surface area contributed by atoms with Crippen molar-refractivity contribution < 1.29 is 5.11 Å². The van der Waals surface area contributed by atoms with E-state index in [2.05, 4.69) is 20.8 Å². The number of benzene rings is 1. The molecule has 1 aromatic carbocycles. The van der Waals surface area contributed by atoms with E-state index < -0.39 is 0 Å². The lowest BCUT2D eigenvalue weighted by Gasteiger charge is -2.23. The maximum Gasteiger partial charge on any atom is 0.138 e. The molecule has 0 saturated heterocycles. The fraction of sp³-hybridized carbons (Fsp3) is 0.417. The first-order valence-electron chi connectivity index (χ1n) is 4.90. The number of nitrogens with zero attached hydrogens (tertiary/aromatic N) is 1. The highest BCUT2D eigenvalue weighted by atomic mass is 32.2. The number of thioether (sulfide) groups is 1. The van der Waals surface area contributed by atoms with Gasteiger partial charge in [0.25, 0.3) is 0 Å². The van der Waals surface area contributed by atoms with E-state index in [-0.39, 0.29) is 11.2 Å². The maximum atomic E-state index is 9.53. The second-order valence-electron chi connectivity index (χ2n) is 4.11. The van der Waals surface area contributed by atoms with Crippen molar-refractivity contribution in [1.29, 1.82) is 5.26 Å². The molecule has 0 spiro atoms. The quantitative estimate of drug-likeness (QED) is 0.626. The first-order valence-corrected chi connectivity index (χ1v) is 5.72. The Morgan fingerprint density at radius 2 is 2.13 bits per heavy atom. The number of hydrogen-bond acceptors (Lipinski definition) is 3. The van der Waals surface area contributed by atoms with E-state index in [0.717, 1.165) is 23.7 Å². The lowest BCUT2D eigenvalue weighted by atomic mass is 9.82. The highest BCUT2D eigenvalue weighted by Crippen LogP contribution is 2.34. The Labute approximate surface area is 94.9 Å². The van der Waals surface area contributed by atoms with Gasteiger partial charge in [-0.2, -0.15) is 5.26 Å². The van der Waals surface area contributed by atoms with Crippen LogP contribution >= 0.6 is 11.8 Å². The van der Waals surface area contributed by atoms with Crippen molar-refractivity contribution in [3.05, 3.63) is 23.8 Å². The molecule has 0 amide bonds. The predicted octanol–water partition coefficient (Wildman–Crippen LogP) is 3.65. The molecule has 0 heterocycles. The van der Waals surface area contributed by atoms with Crippen LogP contribution < -0.4 is 0 Å². The van der Waals surface area contributed by atoms with E-state index in [4.69, 9.17) is 5.26 Å². The first-order chi connectivity index (χ1) is 7.01. The van der Waals surface area contributed by atoms with Gasteiger partial charge >= 0.3 is 0 Å². The molecule has 15 heavy (non-hydrogen) atoms. The van der Waals surface area contributed by atoms with E-state index in [1.54, 1.807) is 6.07 Å². The number of phenolic OH excluding ortho intramolecular Hbond substituents is 1. The molecule has 3 heteroatoms. The van der Waals surface area contributed by atoms with E-state index in [9.17, 15) is 5.11 Å². The number of rotatable bonds is 3. The third kappa shape index (κ3) is 2.66. The summed E-state index contributed by atoms with van der Waals surface area (Å²) in [6, 6.07) is 5.47. The van der Waals surface area contributed by atoms with Crippen LogP contribution in [0.15, 0.2) is 23.1 Å². The molecule has 80 valence electrons. The van der Waals surface area contributed by atoms with Gasteiger partial charge in [0.2, 0.25) is 0 Å².